The van der Waals surface area contributed by atoms with Crippen molar-refractivity contribution in [1.29, 1.82) is 0 Å². The maximum atomic E-state index is 12.8. The predicted molar refractivity (Wildman–Crippen MR) is 121 cm³/mol. The molecule has 1 amide bonds. The summed E-state index contributed by atoms with van der Waals surface area (Å²) in [7, 11) is 0. The van der Waals surface area contributed by atoms with Crippen LogP contribution in [-0.4, -0.2) is 75.0 Å². The SMILES string of the molecule is O=C(O)C(F)(F)F.O=C(O)C(F)(F)F.O=C(c1cccnc1)N1C[C@H]2CCC[C@@]2(COCc2ccccn2)C1. The summed E-state index contributed by atoms with van der Waals surface area (Å²) in [5.41, 5.74) is 1.73. The molecule has 2 aromatic heterocycles. The standard InChI is InChI=1S/C20H23N3O2.2C2HF3O2/c24-19(16-5-4-9-21-11-16)23-12-17-6-3-8-20(17,14-23)15-25-13-18-7-1-2-10-22-18;2*3-2(4,5)1(6)7/h1-2,4-5,7,9-11,17H,3,6,8,12-15H2;2*(H,6,7)/t17-,20+;;/m1../s1. The van der Waals surface area contributed by atoms with Crippen molar-refractivity contribution in [2.75, 3.05) is 19.7 Å². The number of hydrogen-bond donors (Lipinski definition) is 2. The lowest BCUT2D eigenvalue weighted by Gasteiger charge is -2.28. The van der Waals surface area contributed by atoms with Crippen LogP contribution in [0.2, 0.25) is 0 Å². The van der Waals surface area contributed by atoms with E-state index in [0.717, 1.165) is 25.2 Å². The van der Waals surface area contributed by atoms with Crippen LogP contribution in [0.25, 0.3) is 0 Å². The summed E-state index contributed by atoms with van der Waals surface area (Å²) in [6.07, 6.45) is -1.48. The van der Waals surface area contributed by atoms with Gasteiger partial charge in [-0.3, -0.25) is 14.8 Å². The van der Waals surface area contributed by atoms with Gasteiger partial charge in [-0.1, -0.05) is 12.5 Å². The zero-order valence-corrected chi connectivity index (χ0v) is 20.3. The van der Waals surface area contributed by atoms with Gasteiger partial charge < -0.3 is 19.8 Å². The fourth-order valence-corrected chi connectivity index (χ4v) is 4.32. The molecule has 9 nitrogen and oxygen atoms in total. The molecule has 2 aliphatic rings. The first-order chi connectivity index (χ1) is 18.2. The molecule has 15 heteroatoms. The first-order valence-corrected chi connectivity index (χ1v) is 11.4. The van der Waals surface area contributed by atoms with E-state index in [1.54, 1.807) is 18.6 Å². The maximum Gasteiger partial charge on any atom is 0.490 e. The molecule has 1 aliphatic heterocycles. The number of alkyl halides is 6. The van der Waals surface area contributed by atoms with Gasteiger partial charge >= 0.3 is 24.3 Å². The molecule has 0 spiro atoms. The van der Waals surface area contributed by atoms with Gasteiger partial charge in [0.1, 0.15) is 0 Å². The van der Waals surface area contributed by atoms with Crippen molar-refractivity contribution >= 4 is 17.8 Å². The number of halogens is 6. The van der Waals surface area contributed by atoms with Crippen molar-refractivity contribution in [3.63, 3.8) is 0 Å². The summed E-state index contributed by atoms with van der Waals surface area (Å²) in [5.74, 6) is -4.89. The van der Waals surface area contributed by atoms with Gasteiger partial charge in [0.25, 0.3) is 5.91 Å². The number of fused-ring (bicyclic) bond motifs is 1. The van der Waals surface area contributed by atoms with Gasteiger partial charge in [-0.25, -0.2) is 9.59 Å². The van der Waals surface area contributed by atoms with Gasteiger partial charge in [-0.05, 0) is 43.0 Å². The minimum atomic E-state index is -5.08. The van der Waals surface area contributed by atoms with Crippen LogP contribution in [0.15, 0.2) is 48.9 Å². The first-order valence-electron chi connectivity index (χ1n) is 11.4. The third-order valence-electron chi connectivity index (χ3n) is 6.09. The van der Waals surface area contributed by atoms with Crippen molar-refractivity contribution in [3.8, 4) is 0 Å². The van der Waals surface area contributed by atoms with E-state index in [-0.39, 0.29) is 11.3 Å². The van der Waals surface area contributed by atoms with Gasteiger partial charge in [0.2, 0.25) is 0 Å². The second kappa shape index (κ2) is 13.4. The summed E-state index contributed by atoms with van der Waals surface area (Å²) >= 11 is 0. The van der Waals surface area contributed by atoms with Crippen LogP contribution in [-0.2, 0) is 20.9 Å². The monoisotopic (exact) mass is 565 g/mol. The second-order valence-electron chi connectivity index (χ2n) is 8.80. The number of carboxylic acids is 2. The van der Waals surface area contributed by atoms with E-state index >= 15 is 0 Å². The highest BCUT2D eigenvalue weighted by Crippen LogP contribution is 2.49. The minimum absolute atomic E-state index is 0.0894. The van der Waals surface area contributed by atoms with Crippen LogP contribution in [0.1, 0.15) is 35.3 Å². The molecular weight excluding hydrogens is 540 g/mol. The number of pyridine rings is 2. The van der Waals surface area contributed by atoms with E-state index in [1.807, 2.05) is 35.2 Å². The molecule has 1 saturated heterocycles. The van der Waals surface area contributed by atoms with Gasteiger partial charge in [-0.2, -0.15) is 26.3 Å². The van der Waals surface area contributed by atoms with Gasteiger partial charge in [-0.15, -0.1) is 0 Å². The highest BCUT2D eigenvalue weighted by molar-refractivity contribution is 5.94. The number of aromatic nitrogens is 2. The Morgan fingerprint density at radius 3 is 2.15 bits per heavy atom. The van der Waals surface area contributed by atoms with E-state index in [2.05, 4.69) is 9.97 Å². The van der Waals surface area contributed by atoms with Crippen LogP contribution in [0.5, 0.6) is 0 Å². The number of hydrogen-bond acceptors (Lipinski definition) is 6. The molecular formula is C24H25F6N3O6. The lowest BCUT2D eigenvalue weighted by Crippen LogP contribution is -2.34. The Kier molecular flexibility index (Phi) is 10.8. The smallest absolute Gasteiger partial charge is 0.475 e. The number of likely N-dealkylation sites (tertiary alicyclic amines) is 1. The lowest BCUT2D eigenvalue weighted by atomic mass is 9.81. The van der Waals surface area contributed by atoms with Gasteiger partial charge in [0.15, 0.2) is 0 Å². The van der Waals surface area contributed by atoms with Gasteiger partial charge in [0.05, 0.1) is 24.5 Å². The summed E-state index contributed by atoms with van der Waals surface area (Å²) in [6, 6.07) is 9.53. The molecule has 2 fully saturated rings. The summed E-state index contributed by atoms with van der Waals surface area (Å²) in [4.78, 5) is 40.9. The van der Waals surface area contributed by atoms with Gasteiger partial charge in [0, 0.05) is 37.1 Å². The molecule has 0 unspecified atom stereocenters. The lowest BCUT2D eigenvalue weighted by molar-refractivity contribution is -0.193. The summed E-state index contributed by atoms with van der Waals surface area (Å²) in [6.45, 7) is 2.85. The Morgan fingerprint density at radius 2 is 1.64 bits per heavy atom. The van der Waals surface area contributed by atoms with E-state index in [1.165, 1.54) is 12.8 Å². The highest BCUT2D eigenvalue weighted by atomic mass is 19.4. The molecule has 0 aromatic carbocycles. The third-order valence-corrected chi connectivity index (χ3v) is 6.09. The molecule has 0 radical (unpaired) electrons. The predicted octanol–water partition coefficient (Wildman–Crippen LogP) is 4.20. The molecule has 39 heavy (non-hydrogen) atoms. The number of ether oxygens (including phenoxy) is 1. The molecule has 2 N–H and O–H groups in total. The zero-order valence-electron chi connectivity index (χ0n) is 20.3. The van der Waals surface area contributed by atoms with Crippen LogP contribution in [0.3, 0.4) is 0 Å². The molecule has 0 bridgehead atoms. The number of carboxylic acid groups (broad SMARTS) is 2. The highest BCUT2D eigenvalue weighted by Gasteiger charge is 2.50. The quantitative estimate of drug-likeness (QED) is 0.516. The van der Waals surface area contributed by atoms with Crippen molar-refractivity contribution in [3.05, 3.63) is 60.2 Å². The Labute approximate surface area is 218 Å². The largest absolute Gasteiger partial charge is 0.490 e. The third kappa shape index (κ3) is 9.50. The molecule has 1 aliphatic carbocycles. The normalized spacial score (nSPS) is 20.2. The van der Waals surface area contributed by atoms with Crippen LogP contribution in [0.4, 0.5) is 26.3 Å². The van der Waals surface area contributed by atoms with Crippen molar-refractivity contribution in [1.82, 2.24) is 14.9 Å². The molecule has 3 heterocycles. The van der Waals surface area contributed by atoms with E-state index in [4.69, 9.17) is 24.5 Å². The van der Waals surface area contributed by atoms with Crippen LogP contribution >= 0.6 is 0 Å². The Bertz CT molecular complexity index is 1080. The fourth-order valence-electron chi connectivity index (χ4n) is 4.32. The molecule has 214 valence electrons. The van der Waals surface area contributed by atoms with E-state index < -0.39 is 24.3 Å². The van der Waals surface area contributed by atoms with E-state index in [9.17, 15) is 31.1 Å². The number of aliphatic carboxylic acids is 2. The molecule has 2 aromatic rings. The maximum absolute atomic E-state index is 12.8. The summed E-state index contributed by atoms with van der Waals surface area (Å²) in [5, 5.41) is 14.2. The molecule has 2 atom stereocenters. The van der Waals surface area contributed by atoms with Crippen LogP contribution in [0, 0.1) is 11.3 Å². The number of nitrogens with zero attached hydrogens (tertiary/aromatic N) is 3. The Morgan fingerprint density at radius 1 is 1.00 bits per heavy atom. The number of carbonyl (C=O) groups excluding carboxylic acids is 1. The summed E-state index contributed by atoms with van der Waals surface area (Å²) < 4.78 is 69.5. The molecule has 4 rings (SSSR count). The average Bonchev–Trinajstić information content (AvgIpc) is 3.42. The number of carbonyl (C=O) groups is 3. The number of rotatable bonds is 5. The van der Waals surface area contributed by atoms with Crippen molar-refractivity contribution in [2.24, 2.45) is 11.3 Å². The van der Waals surface area contributed by atoms with Crippen molar-refractivity contribution < 1.29 is 55.7 Å². The number of amides is 1. The first kappa shape index (κ1) is 31.5. The van der Waals surface area contributed by atoms with Crippen molar-refractivity contribution in [2.45, 2.75) is 38.2 Å². The topological polar surface area (TPSA) is 130 Å². The average molecular weight is 565 g/mol. The fraction of sp³-hybridized carbons (Fsp3) is 0.458. The van der Waals surface area contributed by atoms with Crippen LogP contribution < -0.4 is 0 Å². The van der Waals surface area contributed by atoms with E-state index in [0.29, 0.717) is 24.7 Å². The minimum Gasteiger partial charge on any atom is -0.475 e. The second-order valence-corrected chi connectivity index (χ2v) is 8.80. The zero-order chi connectivity index (χ0) is 29.3. The Hall–Kier alpha value is -3.75. The Balaban J connectivity index is 0.000000317. The molecule has 1 saturated carbocycles.